The van der Waals surface area contributed by atoms with E-state index in [0.29, 0.717) is 29.8 Å². The summed E-state index contributed by atoms with van der Waals surface area (Å²) in [5.41, 5.74) is 0.266. The summed E-state index contributed by atoms with van der Waals surface area (Å²) in [6, 6.07) is 5.99. The van der Waals surface area contributed by atoms with Crippen LogP contribution in [0.3, 0.4) is 0 Å². The molecule has 2 aromatic rings. The summed E-state index contributed by atoms with van der Waals surface area (Å²) in [4.78, 5) is 28.4. The first-order valence-corrected chi connectivity index (χ1v) is 12.5. The largest absolute Gasteiger partial charge is 0.455 e. The van der Waals surface area contributed by atoms with Crippen molar-refractivity contribution in [2.75, 3.05) is 27.0 Å². The minimum absolute atomic E-state index is 0.0658. The number of rotatable bonds is 8. The van der Waals surface area contributed by atoms with Gasteiger partial charge in [-0.25, -0.2) is 4.79 Å². The lowest BCUT2D eigenvalue weighted by Gasteiger charge is -2.36. The van der Waals surface area contributed by atoms with Gasteiger partial charge in [0.15, 0.2) is 8.32 Å². The molecule has 0 aliphatic carbocycles. The Hall–Kier alpha value is -2.72. The molecule has 0 bridgehead atoms. The minimum Gasteiger partial charge on any atom is -0.455 e. The van der Waals surface area contributed by atoms with Gasteiger partial charge in [-0.2, -0.15) is 0 Å². The van der Waals surface area contributed by atoms with Gasteiger partial charge in [0.05, 0.1) is 16.9 Å². The van der Waals surface area contributed by atoms with Crippen molar-refractivity contribution in [3.05, 3.63) is 40.6 Å². The quantitative estimate of drug-likeness (QED) is 0.259. The second kappa shape index (κ2) is 9.39. The number of fused-ring (bicyclic) bond motifs is 1. The van der Waals surface area contributed by atoms with Gasteiger partial charge >= 0.3 is 6.09 Å². The molecule has 30 heavy (non-hydrogen) atoms. The van der Waals surface area contributed by atoms with E-state index in [0.717, 1.165) is 0 Å². The standard InChI is InChI=1S/C20H29N3O6Si/c1-20(2,3)30(5,6)29-13-12-22(4)19(24)28-14-27-17-10-9-16(23(25)26)15-8-7-11-21-18(15)17/h7-11H,12-14H2,1-6H3. The average molecular weight is 436 g/mol. The van der Waals surface area contributed by atoms with Gasteiger partial charge in [-0.05, 0) is 36.3 Å². The molecule has 1 amide bonds. The first-order valence-electron chi connectivity index (χ1n) is 9.61. The third kappa shape index (κ3) is 5.67. The molecular weight excluding hydrogens is 406 g/mol. The van der Waals surface area contributed by atoms with E-state index in [-0.39, 0.29) is 17.5 Å². The van der Waals surface area contributed by atoms with E-state index in [9.17, 15) is 14.9 Å². The molecule has 10 heteroatoms. The van der Waals surface area contributed by atoms with Crippen LogP contribution in [-0.4, -0.2) is 56.2 Å². The van der Waals surface area contributed by atoms with Gasteiger partial charge in [0, 0.05) is 25.9 Å². The maximum Gasteiger partial charge on any atom is 0.412 e. The second-order valence-corrected chi connectivity index (χ2v) is 13.3. The lowest BCUT2D eigenvalue weighted by molar-refractivity contribution is -0.383. The summed E-state index contributed by atoms with van der Waals surface area (Å²) in [5, 5.41) is 11.6. The fourth-order valence-electron chi connectivity index (χ4n) is 2.41. The second-order valence-electron chi connectivity index (χ2n) is 8.44. The van der Waals surface area contributed by atoms with Gasteiger partial charge in [0.2, 0.25) is 6.79 Å². The lowest BCUT2D eigenvalue weighted by Crippen LogP contribution is -2.43. The van der Waals surface area contributed by atoms with E-state index in [4.69, 9.17) is 13.9 Å². The van der Waals surface area contributed by atoms with Crippen molar-refractivity contribution < 1.29 is 23.6 Å². The molecule has 0 saturated carbocycles. The van der Waals surface area contributed by atoms with Crippen molar-refractivity contribution in [2.45, 2.75) is 38.9 Å². The molecule has 0 unspecified atom stereocenters. The predicted molar refractivity (Wildman–Crippen MR) is 116 cm³/mol. The zero-order chi connectivity index (χ0) is 22.5. The number of likely N-dealkylation sites (N-methyl/N-ethyl adjacent to an activating group) is 1. The Balaban J connectivity index is 1.89. The smallest absolute Gasteiger partial charge is 0.412 e. The lowest BCUT2D eigenvalue weighted by atomic mass is 10.1. The van der Waals surface area contributed by atoms with Gasteiger partial charge < -0.3 is 18.8 Å². The summed E-state index contributed by atoms with van der Waals surface area (Å²) in [6.07, 6.45) is 0.967. The highest BCUT2D eigenvalue weighted by Crippen LogP contribution is 2.36. The van der Waals surface area contributed by atoms with Crippen LogP contribution in [0.4, 0.5) is 10.5 Å². The van der Waals surface area contributed by atoms with Crippen LogP contribution in [0.5, 0.6) is 5.75 Å². The van der Waals surface area contributed by atoms with E-state index in [2.05, 4.69) is 38.8 Å². The predicted octanol–water partition coefficient (Wildman–Crippen LogP) is 4.57. The maximum atomic E-state index is 12.2. The molecule has 0 spiro atoms. The molecule has 1 aromatic heterocycles. The van der Waals surface area contributed by atoms with Gasteiger partial charge in [-0.1, -0.05) is 20.8 Å². The van der Waals surface area contributed by atoms with Gasteiger partial charge in [-0.3, -0.25) is 15.1 Å². The van der Waals surface area contributed by atoms with E-state index >= 15 is 0 Å². The molecule has 2 rings (SSSR count). The van der Waals surface area contributed by atoms with Crippen LogP contribution in [0.2, 0.25) is 18.1 Å². The molecule has 9 nitrogen and oxygen atoms in total. The molecule has 0 aliphatic rings. The van der Waals surface area contributed by atoms with Crippen LogP contribution >= 0.6 is 0 Å². The minimum atomic E-state index is -1.87. The van der Waals surface area contributed by atoms with E-state index < -0.39 is 19.3 Å². The molecule has 0 saturated heterocycles. The molecule has 0 N–H and O–H groups in total. The molecule has 164 valence electrons. The van der Waals surface area contributed by atoms with Gasteiger partial charge in [0.25, 0.3) is 5.69 Å². The summed E-state index contributed by atoms with van der Waals surface area (Å²) in [6.45, 7) is 11.3. The normalized spacial score (nSPS) is 11.9. The monoisotopic (exact) mass is 435 g/mol. The average Bonchev–Trinajstić information content (AvgIpc) is 2.66. The Morgan fingerprint density at radius 1 is 1.27 bits per heavy atom. The number of pyridine rings is 1. The molecule has 0 radical (unpaired) electrons. The first kappa shape index (κ1) is 23.6. The fraction of sp³-hybridized carbons (Fsp3) is 0.500. The highest BCUT2D eigenvalue weighted by molar-refractivity contribution is 6.74. The van der Waals surface area contributed by atoms with E-state index in [1.54, 1.807) is 19.2 Å². The summed E-state index contributed by atoms with van der Waals surface area (Å²) >= 11 is 0. The zero-order valence-corrected chi connectivity index (χ0v) is 19.3. The Kier molecular flexibility index (Phi) is 7.38. The summed E-state index contributed by atoms with van der Waals surface area (Å²) < 4.78 is 16.7. The van der Waals surface area contributed by atoms with Crippen LogP contribution in [0.15, 0.2) is 30.5 Å². The Bertz CT molecular complexity index is 913. The number of hydrogen-bond acceptors (Lipinski definition) is 7. The molecular formula is C20H29N3O6Si. The Morgan fingerprint density at radius 2 is 1.97 bits per heavy atom. The van der Waals surface area contributed by atoms with Gasteiger partial charge in [0.1, 0.15) is 11.3 Å². The first-order chi connectivity index (χ1) is 13.9. The Morgan fingerprint density at radius 3 is 2.60 bits per heavy atom. The van der Waals surface area contributed by atoms with Gasteiger partial charge in [-0.15, -0.1) is 0 Å². The molecule has 0 fully saturated rings. The van der Waals surface area contributed by atoms with Crippen LogP contribution in [0.25, 0.3) is 10.9 Å². The number of non-ortho nitro benzene ring substituents is 1. The number of amides is 1. The molecule has 0 atom stereocenters. The Labute approximate surface area is 177 Å². The number of carbonyl (C=O) groups is 1. The van der Waals surface area contributed by atoms with Crippen LogP contribution in [0.1, 0.15) is 20.8 Å². The molecule has 1 aromatic carbocycles. The highest BCUT2D eigenvalue weighted by atomic mass is 28.4. The number of hydrogen-bond donors (Lipinski definition) is 0. The number of carbonyl (C=O) groups excluding carboxylic acids is 1. The summed E-state index contributed by atoms with van der Waals surface area (Å²) in [7, 11) is -0.248. The number of nitro groups is 1. The van der Waals surface area contributed by atoms with E-state index in [1.165, 1.54) is 23.2 Å². The fourth-order valence-corrected chi connectivity index (χ4v) is 3.44. The summed E-state index contributed by atoms with van der Waals surface area (Å²) in [5.74, 6) is 0.299. The van der Waals surface area contributed by atoms with Crippen molar-refractivity contribution in [3.8, 4) is 5.75 Å². The molecule has 1 heterocycles. The van der Waals surface area contributed by atoms with E-state index in [1.807, 2.05) is 0 Å². The van der Waals surface area contributed by atoms with Crippen LogP contribution < -0.4 is 4.74 Å². The zero-order valence-electron chi connectivity index (χ0n) is 18.3. The number of ether oxygens (including phenoxy) is 2. The topological polar surface area (TPSA) is 104 Å². The highest BCUT2D eigenvalue weighted by Gasteiger charge is 2.37. The number of benzene rings is 1. The van der Waals surface area contributed by atoms with Crippen molar-refractivity contribution in [1.29, 1.82) is 0 Å². The maximum absolute atomic E-state index is 12.2. The number of aromatic nitrogens is 1. The van der Waals surface area contributed by atoms with Crippen molar-refractivity contribution in [1.82, 2.24) is 9.88 Å². The SMILES string of the molecule is CN(CCO[Si](C)(C)C(C)(C)C)C(=O)OCOc1ccc([N+](=O)[O-])c2cccnc12. The van der Waals surface area contributed by atoms with Crippen molar-refractivity contribution in [2.24, 2.45) is 0 Å². The van der Waals surface area contributed by atoms with Crippen LogP contribution in [-0.2, 0) is 9.16 Å². The number of nitrogens with zero attached hydrogens (tertiary/aromatic N) is 3. The third-order valence-corrected chi connectivity index (χ3v) is 9.85. The number of nitro benzene ring substituents is 1. The molecule has 0 aliphatic heterocycles. The third-order valence-electron chi connectivity index (χ3n) is 5.31. The van der Waals surface area contributed by atoms with Crippen molar-refractivity contribution >= 4 is 31.0 Å². The van der Waals surface area contributed by atoms with Crippen molar-refractivity contribution in [3.63, 3.8) is 0 Å². The van der Waals surface area contributed by atoms with Crippen LogP contribution in [0, 0.1) is 10.1 Å².